The number of ether oxygens (including phenoxy) is 2. The summed E-state index contributed by atoms with van der Waals surface area (Å²) < 4.78 is 23.5. The zero-order chi connectivity index (χ0) is 25.4. The van der Waals surface area contributed by atoms with Crippen LogP contribution in [0.3, 0.4) is 0 Å². The van der Waals surface area contributed by atoms with Crippen LogP contribution in [-0.4, -0.2) is 70.3 Å². The van der Waals surface area contributed by atoms with Crippen molar-refractivity contribution in [3.05, 3.63) is 59.7 Å². The highest BCUT2D eigenvalue weighted by molar-refractivity contribution is 7.51. The van der Waals surface area contributed by atoms with Gasteiger partial charge in [-0.1, -0.05) is 36.9 Å². The van der Waals surface area contributed by atoms with Crippen LogP contribution in [0.2, 0.25) is 5.28 Å². The zero-order valence-corrected chi connectivity index (χ0v) is 20.3. The van der Waals surface area contributed by atoms with Gasteiger partial charge in [-0.05, 0) is 29.7 Å². The number of anilines is 1. The molecule has 4 atom stereocenters. The molecule has 3 heterocycles. The van der Waals surface area contributed by atoms with Crippen LogP contribution in [0.1, 0.15) is 18.7 Å². The standard InChI is InChI=1S/C21H25ClN5O7P/c1-12(2)21(29)14(9-33-11-35(30,31)32)34-19(16(21)28)27-10-24-15-17(25-20(22)26-18(15)27)23-8-13-6-4-3-5-7-13/h3-7,10,14,16,19,28-29H,1,8-9,11H2,2H3,(H,23,25,26)(H2,30,31,32)/t14-,16+,19-,21-/m1/s1. The highest BCUT2D eigenvalue weighted by atomic mass is 35.5. The normalized spacial score (nSPS) is 24.7. The van der Waals surface area contributed by atoms with Crippen LogP contribution >= 0.6 is 19.2 Å². The lowest BCUT2D eigenvalue weighted by Crippen LogP contribution is -2.50. The molecule has 12 nitrogen and oxygen atoms in total. The number of aliphatic hydroxyl groups excluding tert-OH is 1. The molecule has 14 heteroatoms. The monoisotopic (exact) mass is 525 g/mol. The van der Waals surface area contributed by atoms with Crippen molar-refractivity contribution in [2.75, 3.05) is 18.3 Å². The van der Waals surface area contributed by atoms with Gasteiger partial charge in [0.15, 0.2) is 23.2 Å². The molecule has 0 unspecified atom stereocenters. The van der Waals surface area contributed by atoms with Gasteiger partial charge in [-0.15, -0.1) is 0 Å². The topological polar surface area (TPSA) is 172 Å². The summed E-state index contributed by atoms with van der Waals surface area (Å²) in [5.74, 6) is 0.367. The van der Waals surface area contributed by atoms with Gasteiger partial charge >= 0.3 is 7.60 Å². The SMILES string of the molecule is C=C(C)[C@@]1(O)[C@@H](COCP(=O)(O)O)O[C@@H](n2cnc3c(NCc4ccccc4)nc(Cl)nc32)[C@@H]1O. The minimum Gasteiger partial charge on any atom is -0.385 e. The van der Waals surface area contributed by atoms with Gasteiger partial charge in [-0.25, -0.2) is 4.98 Å². The van der Waals surface area contributed by atoms with E-state index in [9.17, 15) is 14.8 Å². The third-order valence-electron chi connectivity index (χ3n) is 5.70. The Morgan fingerprint density at radius 2 is 2.06 bits per heavy atom. The van der Waals surface area contributed by atoms with Crippen LogP contribution in [0.5, 0.6) is 0 Å². The molecule has 0 radical (unpaired) electrons. The Labute approximate surface area is 205 Å². The average molecular weight is 526 g/mol. The van der Waals surface area contributed by atoms with Crippen molar-refractivity contribution in [3.8, 4) is 0 Å². The predicted molar refractivity (Wildman–Crippen MR) is 127 cm³/mol. The van der Waals surface area contributed by atoms with Crippen LogP contribution in [0.4, 0.5) is 5.82 Å². The van der Waals surface area contributed by atoms with Crippen molar-refractivity contribution in [3.63, 3.8) is 0 Å². The van der Waals surface area contributed by atoms with Gasteiger partial charge in [0.1, 0.15) is 24.2 Å². The second-order valence-corrected chi connectivity index (χ2v) is 10.2. The summed E-state index contributed by atoms with van der Waals surface area (Å²) in [5.41, 5.74) is -0.179. The van der Waals surface area contributed by atoms with E-state index in [4.69, 9.17) is 30.9 Å². The van der Waals surface area contributed by atoms with Crippen molar-refractivity contribution in [1.29, 1.82) is 0 Å². The van der Waals surface area contributed by atoms with Gasteiger partial charge in [-0.2, -0.15) is 9.97 Å². The molecule has 1 aliphatic heterocycles. The summed E-state index contributed by atoms with van der Waals surface area (Å²) in [4.78, 5) is 30.9. The maximum absolute atomic E-state index is 11.2. The molecule has 0 saturated carbocycles. The van der Waals surface area contributed by atoms with Crippen LogP contribution in [0.25, 0.3) is 11.2 Å². The maximum atomic E-state index is 11.2. The van der Waals surface area contributed by atoms with Gasteiger partial charge in [-0.3, -0.25) is 9.13 Å². The van der Waals surface area contributed by atoms with E-state index in [2.05, 4.69) is 26.8 Å². The number of nitrogens with one attached hydrogen (secondary N) is 1. The number of benzene rings is 1. The number of hydrogen-bond donors (Lipinski definition) is 5. The molecule has 1 fully saturated rings. The minimum absolute atomic E-state index is 0.0704. The van der Waals surface area contributed by atoms with E-state index in [0.717, 1.165) is 5.56 Å². The Balaban J connectivity index is 1.63. The van der Waals surface area contributed by atoms with Crippen LogP contribution < -0.4 is 5.32 Å². The number of fused-ring (bicyclic) bond motifs is 1. The molecule has 3 aromatic rings. The first-order valence-corrected chi connectivity index (χ1v) is 12.7. The van der Waals surface area contributed by atoms with E-state index in [-0.39, 0.29) is 16.5 Å². The fourth-order valence-corrected chi connectivity index (χ4v) is 4.43. The quantitative estimate of drug-likeness (QED) is 0.157. The summed E-state index contributed by atoms with van der Waals surface area (Å²) in [6.45, 7) is 5.29. The molecule has 188 valence electrons. The third kappa shape index (κ3) is 5.25. The molecule has 0 spiro atoms. The summed E-state index contributed by atoms with van der Waals surface area (Å²) >= 11 is 6.16. The molecule has 1 saturated heterocycles. The Bertz CT molecular complexity index is 1270. The second kappa shape index (κ2) is 9.92. The summed E-state index contributed by atoms with van der Waals surface area (Å²) in [6, 6.07) is 9.63. The van der Waals surface area contributed by atoms with Crippen molar-refractivity contribution < 1.29 is 34.0 Å². The van der Waals surface area contributed by atoms with Crippen LogP contribution in [0.15, 0.2) is 48.8 Å². The number of halogens is 1. The predicted octanol–water partition coefficient (Wildman–Crippen LogP) is 1.81. The first-order chi connectivity index (χ1) is 16.5. The molecule has 4 rings (SSSR count). The fourth-order valence-electron chi connectivity index (χ4n) is 3.93. The molecular weight excluding hydrogens is 501 g/mol. The van der Waals surface area contributed by atoms with E-state index >= 15 is 0 Å². The largest absolute Gasteiger partial charge is 0.385 e. The summed E-state index contributed by atoms with van der Waals surface area (Å²) in [6.07, 6.45) is -3.40. The molecule has 0 amide bonds. The van der Waals surface area contributed by atoms with E-state index < -0.39 is 44.6 Å². The first kappa shape index (κ1) is 25.7. The second-order valence-electron chi connectivity index (χ2n) is 8.23. The zero-order valence-electron chi connectivity index (χ0n) is 18.7. The third-order valence-corrected chi connectivity index (χ3v) is 6.39. The summed E-state index contributed by atoms with van der Waals surface area (Å²) in [7, 11) is -4.44. The average Bonchev–Trinajstić information content (AvgIpc) is 3.32. The number of aliphatic hydroxyl groups is 2. The maximum Gasteiger partial charge on any atom is 0.350 e. The molecule has 1 aromatic carbocycles. The molecule has 0 bridgehead atoms. The molecule has 5 N–H and O–H groups in total. The van der Waals surface area contributed by atoms with Crippen molar-refractivity contribution in [1.82, 2.24) is 19.5 Å². The smallest absolute Gasteiger partial charge is 0.350 e. The van der Waals surface area contributed by atoms with E-state index in [1.807, 2.05) is 30.3 Å². The Morgan fingerprint density at radius 3 is 2.71 bits per heavy atom. The summed E-state index contributed by atoms with van der Waals surface area (Å²) in [5, 5.41) is 25.4. The number of aromatic nitrogens is 4. The Morgan fingerprint density at radius 1 is 1.34 bits per heavy atom. The fraction of sp³-hybridized carbons (Fsp3) is 0.381. The number of rotatable bonds is 9. The van der Waals surface area contributed by atoms with Gasteiger partial charge in [0.05, 0.1) is 12.9 Å². The lowest BCUT2D eigenvalue weighted by Gasteiger charge is -2.31. The van der Waals surface area contributed by atoms with E-state index in [1.165, 1.54) is 17.8 Å². The highest BCUT2D eigenvalue weighted by Crippen LogP contribution is 2.43. The van der Waals surface area contributed by atoms with Crippen molar-refractivity contribution in [2.45, 2.75) is 37.5 Å². The van der Waals surface area contributed by atoms with Crippen LogP contribution in [0, 0.1) is 0 Å². The number of hydrogen-bond acceptors (Lipinski definition) is 9. The van der Waals surface area contributed by atoms with Gasteiger partial charge in [0.2, 0.25) is 5.28 Å². The molecule has 35 heavy (non-hydrogen) atoms. The lowest BCUT2D eigenvalue weighted by molar-refractivity contribution is -0.0806. The Kier molecular flexibility index (Phi) is 7.28. The molecule has 2 aromatic heterocycles. The van der Waals surface area contributed by atoms with Gasteiger partial charge in [0.25, 0.3) is 0 Å². The van der Waals surface area contributed by atoms with Gasteiger partial charge < -0.3 is 34.8 Å². The minimum atomic E-state index is -4.44. The molecule has 1 aliphatic rings. The van der Waals surface area contributed by atoms with Crippen molar-refractivity contribution in [2.24, 2.45) is 0 Å². The molecule has 0 aliphatic carbocycles. The van der Waals surface area contributed by atoms with Gasteiger partial charge in [0, 0.05) is 6.54 Å². The first-order valence-electron chi connectivity index (χ1n) is 10.5. The van der Waals surface area contributed by atoms with Crippen molar-refractivity contribution >= 4 is 36.2 Å². The number of imidazole rings is 1. The Hall–Kier alpha value is -2.41. The van der Waals surface area contributed by atoms with E-state index in [0.29, 0.717) is 17.9 Å². The highest BCUT2D eigenvalue weighted by Gasteiger charge is 2.57. The lowest BCUT2D eigenvalue weighted by atomic mass is 9.86. The van der Waals surface area contributed by atoms with E-state index in [1.54, 1.807) is 0 Å². The molecular formula is C21H25ClN5O7P. The number of nitrogens with zero attached hydrogens (tertiary/aromatic N) is 4. The van der Waals surface area contributed by atoms with Crippen LogP contribution in [-0.2, 0) is 20.6 Å².